The number of alkyl carbamates (subject to hydrolysis) is 1. The second-order valence-electron chi connectivity index (χ2n) is 8.64. The largest absolute Gasteiger partial charge is 0.443 e. The Balaban J connectivity index is 6.05. The van der Waals surface area contributed by atoms with Crippen LogP contribution in [-0.2, 0) is 9.16 Å². The fourth-order valence-electron chi connectivity index (χ4n) is 2.47. The Bertz CT molecular complexity index is 880. The summed E-state index contributed by atoms with van der Waals surface area (Å²) >= 11 is 0. The fourth-order valence-corrected chi connectivity index (χ4v) is 3.70. The van der Waals surface area contributed by atoms with Gasteiger partial charge in [-0.3, -0.25) is 0 Å². The molecule has 0 aliphatic rings. The molecule has 0 fully saturated rings. The topological polar surface area (TPSA) is 47.6 Å². The van der Waals surface area contributed by atoms with Crippen molar-refractivity contribution < 1.29 is 93.0 Å². The summed E-state index contributed by atoms with van der Waals surface area (Å²) in [6, 6.07) is 0.292. The number of amides is 1. The fraction of sp³-hybridized carbons (Fsp3) is 0.941. The first kappa shape index (κ1) is 38.2. The molecule has 0 spiro atoms. The van der Waals surface area contributed by atoms with Crippen LogP contribution < -0.4 is 5.32 Å². The van der Waals surface area contributed by atoms with E-state index in [2.05, 4.69) is 4.74 Å². The van der Waals surface area contributed by atoms with Crippen LogP contribution in [0.15, 0.2) is 0 Å². The van der Waals surface area contributed by atoms with Gasteiger partial charge in [0.1, 0.15) is 0 Å². The molecule has 1 N–H and O–H groups in total. The summed E-state index contributed by atoms with van der Waals surface area (Å²) in [5.74, 6) is -65.6. The molecular formula is C17H19F18NO3Si. The monoisotopic (exact) mass is 655 g/mol. The molecule has 0 aliphatic carbocycles. The molecule has 0 unspecified atom stereocenters. The molecule has 0 saturated heterocycles. The van der Waals surface area contributed by atoms with Crippen molar-refractivity contribution in [1.29, 1.82) is 0 Å². The van der Waals surface area contributed by atoms with Gasteiger partial charge in [-0.25, -0.2) is 13.6 Å². The predicted octanol–water partition coefficient (Wildman–Crippen LogP) is 7.30. The molecule has 0 saturated carbocycles. The summed E-state index contributed by atoms with van der Waals surface area (Å²) < 4.78 is 248. The van der Waals surface area contributed by atoms with Crippen LogP contribution in [0.2, 0.25) is 19.1 Å². The Labute approximate surface area is 213 Å². The molecular weight excluding hydrogens is 636 g/mol. The maximum Gasteiger partial charge on any atom is 0.407 e. The van der Waals surface area contributed by atoms with Crippen LogP contribution in [0, 0.1) is 0 Å². The van der Waals surface area contributed by atoms with Crippen LogP contribution in [-0.4, -0.2) is 88.5 Å². The summed E-state index contributed by atoms with van der Waals surface area (Å²) in [4.78, 5) is 11.3. The van der Waals surface area contributed by atoms with Gasteiger partial charge in [0.05, 0.1) is 0 Å². The maximum atomic E-state index is 13.7. The number of halogens is 18. The van der Waals surface area contributed by atoms with Crippen LogP contribution in [0.5, 0.6) is 0 Å². The summed E-state index contributed by atoms with van der Waals surface area (Å²) in [6.07, 6.45) is -8.08. The molecule has 0 aromatic heterocycles. The molecule has 40 heavy (non-hydrogen) atoms. The van der Waals surface area contributed by atoms with Crippen LogP contribution >= 0.6 is 0 Å². The lowest BCUT2D eigenvalue weighted by atomic mass is 9.87. The van der Waals surface area contributed by atoms with Gasteiger partial charge in [0.2, 0.25) is 0 Å². The van der Waals surface area contributed by atoms with Crippen LogP contribution in [0.4, 0.5) is 83.8 Å². The van der Waals surface area contributed by atoms with Gasteiger partial charge < -0.3 is 14.5 Å². The molecule has 0 atom stereocenters. The first-order chi connectivity index (χ1) is 17.4. The van der Waals surface area contributed by atoms with Crippen LogP contribution in [0.25, 0.3) is 0 Å². The van der Waals surface area contributed by atoms with E-state index in [1.165, 1.54) is 7.11 Å². The van der Waals surface area contributed by atoms with E-state index >= 15 is 0 Å². The number of hydrogen-bond acceptors (Lipinski definition) is 3. The van der Waals surface area contributed by atoms with Gasteiger partial charge in [-0.15, -0.1) is 0 Å². The Morgan fingerprint density at radius 2 is 1.07 bits per heavy atom. The average Bonchev–Trinajstić information content (AvgIpc) is 2.79. The van der Waals surface area contributed by atoms with Gasteiger partial charge >= 0.3 is 59.9 Å². The van der Waals surface area contributed by atoms with E-state index < -0.39 is 81.4 Å². The second-order valence-corrected chi connectivity index (χ2v) is 13.1. The van der Waals surface area contributed by atoms with Crippen molar-refractivity contribution in [3.8, 4) is 0 Å². The highest BCUT2D eigenvalue weighted by Crippen LogP contribution is 2.64. The number of carbonyl (C=O) groups is 1. The SMILES string of the molecule is CO[Si](C)(C)CCCNC(=O)OCC(F)(F)C(F)(F)C(F)(F)C(F)(F)C(F)(F)C(F)(F)C(F)(F)C(F)(F)C(F)F. The minimum atomic E-state index is -8.82. The number of hydrogen-bond donors (Lipinski definition) is 1. The van der Waals surface area contributed by atoms with E-state index in [0.29, 0.717) is 6.04 Å². The Morgan fingerprint density at radius 3 is 1.45 bits per heavy atom. The van der Waals surface area contributed by atoms with Crippen molar-refractivity contribution in [3.05, 3.63) is 0 Å². The number of rotatable bonds is 15. The molecule has 23 heteroatoms. The smallest absolute Gasteiger partial charge is 0.407 e. The number of carbonyl (C=O) groups excluding carboxylic acids is 1. The zero-order valence-corrected chi connectivity index (χ0v) is 20.9. The van der Waals surface area contributed by atoms with Crippen molar-refractivity contribution in [2.24, 2.45) is 0 Å². The zero-order chi connectivity index (χ0) is 32.6. The van der Waals surface area contributed by atoms with Gasteiger partial charge in [-0.05, 0) is 25.6 Å². The molecule has 4 nitrogen and oxygen atoms in total. The summed E-state index contributed by atoms with van der Waals surface area (Å²) in [5, 5.41) is 1.61. The van der Waals surface area contributed by atoms with Crippen LogP contribution in [0.3, 0.4) is 0 Å². The second kappa shape index (κ2) is 11.5. The van der Waals surface area contributed by atoms with E-state index in [-0.39, 0.29) is 6.42 Å². The molecule has 0 aromatic carbocycles. The molecule has 1 amide bonds. The maximum absolute atomic E-state index is 13.7. The number of ether oxygens (including phenoxy) is 1. The van der Waals surface area contributed by atoms with Crippen LogP contribution in [0.1, 0.15) is 6.42 Å². The van der Waals surface area contributed by atoms with Crippen molar-refractivity contribution in [1.82, 2.24) is 5.32 Å². The van der Waals surface area contributed by atoms with E-state index in [0.717, 1.165) is 0 Å². The molecule has 0 radical (unpaired) electrons. The molecule has 0 bridgehead atoms. The molecule has 240 valence electrons. The zero-order valence-electron chi connectivity index (χ0n) is 19.9. The molecule has 0 rings (SSSR count). The highest BCUT2D eigenvalue weighted by molar-refractivity contribution is 6.71. The third-order valence-corrected chi connectivity index (χ3v) is 7.95. The first-order valence-electron chi connectivity index (χ1n) is 10.1. The first-order valence-corrected chi connectivity index (χ1v) is 13.2. The third kappa shape index (κ3) is 6.32. The quantitative estimate of drug-likeness (QED) is 0.115. The molecule has 0 aromatic rings. The van der Waals surface area contributed by atoms with Gasteiger partial charge in [0.15, 0.2) is 14.9 Å². The van der Waals surface area contributed by atoms with Gasteiger partial charge in [-0.2, -0.15) is 70.2 Å². The lowest BCUT2D eigenvalue weighted by Crippen LogP contribution is -2.75. The average molecular weight is 655 g/mol. The normalized spacial score (nSPS) is 15.4. The lowest BCUT2D eigenvalue weighted by molar-refractivity contribution is -0.458. The van der Waals surface area contributed by atoms with E-state index in [9.17, 15) is 83.8 Å². The highest BCUT2D eigenvalue weighted by atomic mass is 28.4. The van der Waals surface area contributed by atoms with Crippen molar-refractivity contribution >= 4 is 14.4 Å². The Morgan fingerprint density at radius 1 is 0.700 bits per heavy atom. The standard InChI is InChI=1S/C17H19F18NO3Si/c1-38-40(2,3)6-4-5-36-9(37)39-7-10(20,21)12(24,25)14(28,29)16(32,33)17(34,35)15(30,31)13(26,27)11(22,23)8(18)19/h8H,4-7H2,1-3H3,(H,36,37). The Kier molecular flexibility index (Phi) is 10.9. The van der Waals surface area contributed by atoms with E-state index in [1.807, 2.05) is 0 Å². The highest BCUT2D eigenvalue weighted by Gasteiger charge is 2.95. The predicted molar refractivity (Wildman–Crippen MR) is 98.8 cm³/mol. The minimum Gasteiger partial charge on any atom is -0.443 e. The van der Waals surface area contributed by atoms with E-state index in [4.69, 9.17) is 4.43 Å². The number of nitrogens with one attached hydrogen (secondary N) is 1. The minimum absolute atomic E-state index is 0.0392. The molecule has 0 aliphatic heterocycles. The van der Waals surface area contributed by atoms with E-state index in [1.54, 1.807) is 18.4 Å². The molecule has 0 heterocycles. The summed E-state index contributed by atoms with van der Waals surface area (Å²) in [6.45, 7) is -0.422. The van der Waals surface area contributed by atoms with Gasteiger partial charge in [0.25, 0.3) is 0 Å². The van der Waals surface area contributed by atoms with Gasteiger partial charge in [0, 0.05) is 13.7 Å². The van der Waals surface area contributed by atoms with Gasteiger partial charge in [-0.1, -0.05) is 0 Å². The third-order valence-electron chi connectivity index (χ3n) is 5.29. The summed E-state index contributed by atoms with van der Waals surface area (Å²) in [5.41, 5.74) is 0. The summed E-state index contributed by atoms with van der Waals surface area (Å²) in [7, 11) is -0.895. The van der Waals surface area contributed by atoms with Crippen molar-refractivity contribution in [3.63, 3.8) is 0 Å². The number of alkyl halides is 18. The van der Waals surface area contributed by atoms with Crippen molar-refractivity contribution in [2.75, 3.05) is 20.3 Å². The van der Waals surface area contributed by atoms with Crippen molar-refractivity contribution in [2.45, 2.75) is 79.4 Å². The lowest BCUT2D eigenvalue weighted by Gasteiger charge is -2.43. The Hall–Kier alpha value is -1.81.